The number of hydrogen-bond donors (Lipinski definition) is 1. The molecule has 2 rings (SSSR count). The second kappa shape index (κ2) is 7.46. The van der Waals surface area contributed by atoms with Crippen LogP contribution in [0.2, 0.25) is 0 Å². The largest absolute Gasteiger partial charge is 0.478 e. The number of rotatable bonds is 6. The molecule has 1 N–H and O–H groups in total. The summed E-state index contributed by atoms with van der Waals surface area (Å²) in [5.41, 5.74) is 1.01. The average Bonchev–Trinajstić information content (AvgIpc) is 2.49. The fraction of sp³-hybridized carbons (Fsp3) is 0.750. The Hall–Kier alpha value is -1.32. The molecule has 0 radical (unpaired) electrons. The Morgan fingerprint density at radius 2 is 1.85 bits per heavy atom. The standard InChI is InChI=1S/C16H27N3O/c1-4-13-6-8-14(9-7-13)10-17-15-12(3)16(20-5-2)19-11-18-15/h11,13-14H,4-10H2,1-3H3,(H,17,18,19). The Balaban J connectivity index is 1.86. The van der Waals surface area contributed by atoms with Gasteiger partial charge in [-0.2, -0.15) is 0 Å². The molecule has 0 amide bonds. The molecule has 4 heteroatoms. The molecule has 4 nitrogen and oxygen atoms in total. The van der Waals surface area contributed by atoms with E-state index in [9.17, 15) is 0 Å². The van der Waals surface area contributed by atoms with Gasteiger partial charge in [-0.1, -0.05) is 26.2 Å². The van der Waals surface area contributed by atoms with E-state index in [-0.39, 0.29) is 0 Å². The summed E-state index contributed by atoms with van der Waals surface area (Å²) in [4.78, 5) is 8.51. The first-order valence-electron chi connectivity index (χ1n) is 7.92. The van der Waals surface area contributed by atoms with Crippen molar-refractivity contribution in [3.05, 3.63) is 11.9 Å². The Morgan fingerprint density at radius 3 is 2.50 bits per heavy atom. The van der Waals surface area contributed by atoms with Crippen molar-refractivity contribution < 1.29 is 4.74 Å². The molecule has 1 heterocycles. The molecule has 1 aromatic rings. The molecule has 0 bridgehead atoms. The zero-order valence-corrected chi connectivity index (χ0v) is 13.0. The maximum Gasteiger partial charge on any atom is 0.221 e. The Labute approximate surface area is 122 Å². The third-order valence-corrected chi connectivity index (χ3v) is 4.42. The average molecular weight is 277 g/mol. The van der Waals surface area contributed by atoms with E-state index in [1.165, 1.54) is 32.1 Å². The molecular weight excluding hydrogens is 250 g/mol. The van der Waals surface area contributed by atoms with Gasteiger partial charge in [-0.05, 0) is 38.5 Å². The lowest BCUT2D eigenvalue weighted by molar-refractivity contribution is 0.278. The van der Waals surface area contributed by atoms with Crippen LogP contribution in [-0.4, -0.2) is 23.1 Å². The molecule has 0 spiro atoms. The molecule has 0 aromatic carbocycles. The van der Waals surface area contributed by atoms with Crippen molar-refractivity contribution in [3.63, 3.8) is 0 Å². The van der Waals surface area contributed by atoms with Crippen molar-refractivity contribution in [1.29, 1.82) is 0 Å². The number of nitrogens with zero attached hydrogens (tertiary/aromatic N) is 2. The van der Waals surface area contributed by atoms with E-state index in [1.54, 1.807) is 6.33 Å². The van der Waals surface area contributed by atoms with Gasteiger partial charge in [0, 0.05) is 6.54 Å². The highest BCUT2D eigenvalue weighted by Gasteiger charge is 2.20. The lowest BCUT2D eigenvalue weighted by Crippen LogP contribution is -2.21. The van der Waals surface area contributed by atoms with Crippen molar-refractivity contribution in [3.8, 4) is 5.88 Å². The Bertz CT molecular complexity index is 414. The molecule has 1 aliphatic carbocycles. The molecule has 0 unspecified atom stereocenters. The van der Waals surface area contributed by atoms with Crippen LogP contribution in [0.4, 0.5) is 5.82 Å². The van der Waals surface area contributed by atoms with Gasteiger partial charge in [-0.25, -0.2) is 9.97 Å². The van der Waals surface area contributed by atoms with E-state index in [0.29, 0.717) is 12.5 Å². The van der Waals surface area contributed by atoms with Gasteiger partial charge >= 0.3 is 0 Å². The molecule has 1 aliphatic rings. The fourth-order valence-corrected chi connectivity index (χ4v) is 2.98. The minimum Gasteiger partial charge on any atom is -0.478 e. The van der Waals surface area contributed by atoms with Crippen LogP contribution in [0.3, 0.4) is 0 Å². The summed E-state index contributed by atoms with van der Waals surface area (Å²) < 4.78 is 5.51. The molecule has 0 saturated heterocycles. The summed E-state index contributed by atoms with van der Waals surface area (Å²) in [6, 6.07) is 0. The zero-order valence-electron chi connectivity index (χ0n) is 13.0. The van der Waals surface area contributed by atoms with Gasteiger partial charge in [0.05, 0.1) is 12.2 Å². The van der Waals surface area contributed by atoms with Crippen molar-refractivity contribution in [2.45, 2.75) is 52.9 Å². The minimum absolute atomic E-state index is 0.637. The van der Waals surface area contributed by atoms with Crippen LogP contribution in [0.25, 0.3) is 0 Å². The predicted molar refractivity (Wildman–Crippen MR) is 82.2 cm³/mol. The van der Waals surface area contributed by atoms with Gasteiger partial charge in [0.25, 0.3) is 0 Å². The topological polar surface area (TPSA) is 47.0 Å². The van der Waals surface area contributed by atoms with E-state index < -0.39 is 0 Å². The van der Waals surface area contributed by atoms with E-state index in [0.717, 1.165) is 29.8 Å². The van der Waals surface area contributed by atoms with Crippen molar-refractivity contribution in [1.82, 2.24) is 9.97 Å². The highest BCUT2D eigenvalue weighted by Crippen LogP contribution is 2.31. The van der Waals surface area contributed by atoms with Crippen LogP contribution in [0, 0.1) is 18.8 Å². The van der Waals surface area contributed by atoms with Gasteiger partial charge in [0.2, 0.25) is 5.88 Å². The van der Waals surface area contributed by atoms with E-state index in [4.69, 9.17) is 4.74 Å². The van der Waals surface area contributed by atoms with Crippen molar-refractivity contribution in [2.75, 3.05) is 18.5 Å². The summed E-state index contributed by atoms with van der Waals surface area (Å²) in [6.07, 6.45) is 8.37. The lowest BCUT2D eigenvalue weighted by atomic mass is 9.81. The molecule has 1 aromatic heterocycles. The number of ether oxygens (including phenoxy) is 1. The Kier molecular flexibility index (Phi) is 5.62. The van der Waals surface area contributed by atoms with Crippen LogP contribution < -0.4 is 10.1 Å². The summed E-state index contributed by atoms with van der Waals surface area (Å²) >= 11 is 0. The molecular formula is C16H27N3O. The number of nitrogens with one attached hydrogen (secondary N) is 1. The third-order valence-electron chi connectivity index (χ3n) is 4.42. The molecule has 20 heavy (non-hydrogen) atoms. The van der Waals surface area contributed by atoms with Crippen molar-refractivity contribution >= 4 is 5.82 Å². The zero-order chi connectivity index (χ0) is 14.4. The van der Waals surface area contributed by atoms with Crippen LogP contribution in [0.1, 0.15) is 51.5 Å². The summed E-state index contributed by atoms with van der Waals surface area (Å²) in [5, 5.41) is 3.48. The quantitative estimate of drug-likeness (QED) is 0.859. The first-order chi connectivity index (χ1) is 9.74. The smallest absolute Gasteiger partial charge is 0.221 e. The van der Waals surface area contributed by atoms with E-state index in [2.05, 4.69) is 22.2 Å². The number of aromatic nitrogens is 2. The van der Waals surface area contributed by atoms with Crippen LogP contribution in [0.5, 0.6) is 5.88 Å². The number of hydrogen-bond acceptors (Lipinski definition) is 4. The fourth-order valence-electron chi connectivity index (χ4n) is 2.98. The summed E-state index contributed by atoms with van der Waals surface area (Å²) in [6.45, 7) is 7.95. The summed E-state index contributed by atoms with van der Waals surface area (Å²) in [7, 11) is 0. The molecule has 1 saturated carbocycles. The molecule has 0 aliphatic heterocycles. The minimum atomic E-state index is 0.637. The second-order valence-corrected chi connectivity index (χ2v) is 5.76. The maximum atomic E-state index is 5.51. The second-order valence-electron chi connectivity index (χ2n) is 5.76. The maximum absolute atomic E-state index is 5.51. The molecule has 112 valence electrons. The Morgan fingerprint density at radius 1 is 1.15 bits per heavy atom. The van der Waals surface area contributed by atoms with Crippen molar-refractivity contribution in [2.24, 2.45) is 11.8 Å². The lowest BCUT2D eigenvalue weighted by Gasteiger charge is -2.28. The van der Waals surface area contributed by atoms with Gasteiger partial charge in [-0.3, -0.25) is 0 Å². The normalized spacial score (nSPS) is 22.6. The first kappa shape index (κ1) is 15.1. The van der Waals surface area contributed by atoms with Gasteiger partial charge in [0.15, 0.2) is 0 Å². The summed E-state index contributed by atoms with van der Waals surface area (Å²) in [5.74, 6) is 3.35. The highest BCUT2D eigenvalue weighted by molar-refractivity contribution is 5.47. The van der Waals surface area contributed by atoms with Crippen LogP contribution in [-0.2, 0) is 0 Å². The van der Waals surface area contributed by atoms with Gasteiger partial charge in [0.1, 0.15) is 12.1 Å². The van der Waals surface area contributed by atoms with E-state index in [1.807, 2.05) is 13.8 Å². The van der Waals surface area contributed by atoms with E-state index >= 15 is 0 Å². The van der Waals surface area contributed by atoms with Crippen LogP contribution in [0.15, 0.2) is 6.33 Å². The predicted octanol–water partition coefficient (Wildman–Crippen LogP) is 3.81. The number of anilines is 1. The van der Waals surface area contributed by atoms with Gasteiger partial charge < -0.3 is 10.1 Å². The van der Waals surface area contributed by atoms with Gasteiger partial charge in [-0.15, -0.1) is 0 Å². The van der Waals surface area contributed by atoms with Crippen LogP contribution >= 0.6 is 0 Å². The third kappa shape index (κ3) is 3.84. The highest BCUT2D eigenvalue weighted by atomic mass is 16.5. The molecule has 0 atom stereocenters. The monoisotopic (exact) mass is 277 g/mol. The SMILES string of the molecule is CCOc1ncnc(NCC2CCC(CC)CC2)c1C. The first-order valence-corrected chi connectivity index (χ1v) is 7.92. The molecule has 1 fully saturated rings.